The van der Waals surface area contributed by atoms with Gasteiger partial charge in [-0.3, -0.25) is 4.79 Å². The van der Waals surface area contributed by atoms with Crippen molar-refractivity contribution in [3.8, 4) is 0 Å². The van der Waals surface area contributed by atoms with E-state index < -0.39 is 0 Å². The fourth-order valence-electron chi connectivity index (χ4n) is 2.52. The molecule has 0 aromatic heterocycles. The number of nitrogens with one attached hydrogen (secondary N) is 1. The van der Waals surface area contributed by atoms with Crippen molar-refractivity contribution in [1.82, 2.24) is 5.32 Å². The summed E-state index contributed by atoms with van der Waals surface area (Å²) in [7, 11) is 0. The highest BCUT2D eigenvalue weighted by atomic mass is 16.5. The third-order valence-electron chi connectivity index (χ3n) is 3.38. The van der Waals surface area contributed by atoms with Crippen LogP contribution in [0.1, 0.15) is 32.6 Å². The van der Waals surface area contributed by atoms with Gasteiger partial charge in [0.25, 0.3) is 0 Å². The maximum atomic E-state index is 12.1. The topological polar surface area (TPSA) is 38.3 Å². The number of ketones is 1. The lowest BCUT2D eigenvalue weighted by Crippen LogP contribution is -2.53. The van der Waals surface area contributed by atoms with Crippen LogP contribution in [-0.2, 0) is 9.53 Å². The van der Waals surface area contributed by atoms with Crippen LogP contribution in [0.4, 0.5) is 0 Å². The molecule has 3 heteroatoms. The largest absolute Gasteiger partial charge is 0.375 e. The lowest BCUT2D eigenvalue weighted by Gasteiger charge is -2.30. The molecule has 1 saturated carbocycles. The lowest BCUT2D eigenvalue weighted by atomic mass is 9.93. The molecular weight excluding hydrogens is 178 g/mol. The minimum Gasteiger partial charge on any atom is -0.375 e. The van der Waals surface area contributed by atoms with Gasteiger partial charge < -0.3 is 10.1 Å². The highest BCUT2D eigenvalue weighted by molar-refractivity contribution is 5.87. The molecule has 1 aliphatic heterocycles. The molecule has 0 aromatic carbocycles. The molecule has 80 valence electrons. The number of ether oxygens (including phenoxy) is 1. The Kier molecular flexibility index (Phi) is 3.19. The summed E-state index contributed by atoms with van der Waals surface area (Å²) in [6, 6.07) is -0.0492. The first kappa shape index (κ1) is 10.1. The van der Waals surface area contributed by atoms with E-state index in [2.05, 4.69) is 5.32 Å². The predicted octanol–water partition coefficient (Wildman–Crippen LogP) is 1.12. The van der Waals surface area contributed by atoms with Crippen LogP contribution in [0.15, 0.2) is 0 Å². The van der Waals surface area contributed by atoms with Crippen LogP contribution in [0.3, 0.4) is 0 Å². The fraction of sp³-hybridized carbons (Fsp3) is 0.909. The van der Waals surface area contributed by atoms with Gasteiger partial charge >= 0.3 is 0 Å². The van der Waals surface area contributed by atoms with Gasteiger partial charge in [0, 0.05) is 12.5 Å². The van der Waals surface area contributed by atoms with E-state index in [0.717, 1.165) is 26.0 Å². The third-order valence-corrected chi connectivity index (χ3v) is 3.38. The van der Waals surface area contributed by atoms with Crippen LogP contribution in [0, 0.1) is 5.92 Å². The molecule has 0 spiro atoms. The molecule has 0 amide bonds. The van der Waals surface area contributed by atoms with E-state index in [1.54, 1.807) is 0 Å². The Balaban J connectivity index is 1.94. The summed E-state index contributed by atoms with van der Waals surface area (Å²) in [5.41, 5.74) is 0. The predicted molar refractivity (Wildman–Crippen MR) is 54.2 cm³/mol. The molecule has 2 aliphatic rings. The molecule has 14 heavy (non-hydrogen) atoms. The average Bonchev–Trinajstić information content (AvgIpc) is 2.70. The normalized spacial score (nSPS) is 34.6. The summed E-state index contributed by atoms with van der Waals surface area (Å²) < 4.78 is 5.49. The Hall–Kier alpha value is -0.410. The maximum absolute atomic E-state index is 12.1. The van der Waals surface area contributed by atoms with Crippen molar-refractivity contribution in [2.75, 3.05) is 13.2 Å². The fourth-order valence-corrected chi connectivity index (χ4v) is 2.52. The Morgan fingerprint density at radius 3 is 2.71 bits per heavy atom. The van der Waals surface area contributed by atoms with Crippen molar-refractivity contribution in [3.05, 3.63) is 0 Å². The number of carbonyl (C=O) groups is 1. The van der Waals surface area contributed by atoms with Gasteiger partial charge in [0.05, 0.1) is 18.8 Å². The van der Waals surface area contributed by atoms with E-state index >= 15 is 0 Å². The Morgan fingerprint density at radius 1 is 1.36 bits per heavy atom. The van der Waals surface area contributed by atoms with E-state index in [-0.39, 0.29) is 12.1 Å². The monoisotopic (exact) mass is 197 g/mol. The van der Waals surface area contributed by atoms with Crippen LogP contribution in [-0.4, -0.2) is 31.1 Å². The first-order valence-electron chi connectivity index (χ1n) is 5.68. The molecule has 2 atom stereocenters. The van der Waals surface area contributed by atoms with Gasteiger partial charge in [-0.15, -0.1) is 0 Å². The van der Waals surface area contributed by atoms with Gasteiger partial charge in [0.2, 0.25) is 0 Å². The van der Waals surface area contributed by atoms with Gasteiger partial charge in [-0.2, -0.15) is 0 Å². The Bertz CT molecular complexity index is 211. The van der Waals surface area contributed by atoms with Crippen molar-refractivity contribution in [3.63, 3.8) is 0 Å². The van der Waals surface area contributed by atoms with Crippen molar-refractivity contribution in [1.29, 1.82) is 0 Å². The van der Waals surface area contributed by atoms with E-state index in [1.165, 1.54) is 12.8 Å². The summed E-state index contributed by atoms with van der Waals surface area (Å²) >= 11 is 0. The van der Waals surface area contributed by atoms with Crippen molar-refractivity contribution >= 4 is 5.78 Å². The minimum atomic E-state index is -0.0492. The zero-order valence-corrected chi connectivity index (χ0v) is 8.79. The number of rotatable bonds is 2. The molecule has 3 nitrogen and oxygen atoms in total. The maximum Gasteiger partial charge on any atom is 0.155 e. The summed E-state index contributed by atoms with van der Waals surface area (Å²) in [6.45, 7) is 3.53. The molecule has 2 rings (SSSR count). The zero-order chi connectivity index (χ0) is 9.97. The van der Waals surface area contributed by atoms with Crippen LogP contribution < -0.4 is 5.32 Å². The average molecular weight is 197 g/mol. The smallest absolute Gasteiger partial charge is 0.155 e. The SMILES string of the molecule is CC1OCCNC1C(=O)C1CCCC1. The number of morpholine rings is 1. The molecule has 0 radical (unpaired) electrons. The van der Waals surface area contributed by atoms with E-state index in [9.17, 15) is 4.79 Å². The quantitative estimate of drug-likeness (QED) is 0.721. The van der Waals surface area contributed by atoms with Gasteiger partial charge in [0.1, 0.15) is 0 Å². The number of Topliss-reactive ketones (excluding diaryl/α,β-unsaturated/α-hetero) is 1. The highest BCUT2D eigenvalue weighted by Crippen LogP contribution is 2.27. The molecule has 2 fully saturated rings. The standard InChI is InChI=1S/C11H19NO2/c1-8-10(12-6-7-14-8)11(13)9-4-2-3-5-9/h8-10,12H,2-7H2,1H3. The summed E-state index contributed by atoms with van der Waals surface area (Å²) in [5.74, 6) is 0.686. The molecule has 0 bridgehead atoms. The molecule has 1 aliphatic carbocycles. The molecular formula is C11H19NO2. The van der Waals surface area contributed by atoms with Gasteiger partial charge in [0.15, 0.2) is 5.78 Å². The van der Waals surface area contributed by atoms with Crippen molar-refractivity contribution < 1.29 is 9.53 Å². The summed E-state index contributed by atoms with van der Waals surface area (Å²) in [6.07, 6.45) is 4.67. The number of hydrogen-bond donors (Lipinski definition) is 1. The first-order chi connectivity index (χ1) is 6.79. The first-order valence-corrected chi connectivity index (χ1v) is 5.68. The van der Waals surface area contributed by atoms with Crippen LogP contribution in [0.25, 0.3) is 0 Å². The van der Waals surface area contributed by atoms with E-state index in [4.69, 9.17) is 4.74 Å². The second kappa shape index (κ2) is 4.41. The minimum absolute atomic E-state index is 0.0492. The highest BCUT2D eigenvalue weighted by Gasteiger charge is 2.34. The van der Waals surface area contributed by atoms with Crippen LogP contribution in [0.5, 0.6) is 0 Å². The second-order valence-electron chi connectivity index (χ2n) is 4.39. The lowest BCUT2D eigenvalue weighted by molar-refractivity contribution is -0.130. The van der Waals surface area contributed by atoms with Gasteiger partial charge in [-0.1, -0.05) is 12.8 Å². The molecule has 1 saturated heterocycles. The zero-order valence-electron chi connectivity index (χ0n) is 8.79. The molecule has 0 aromatic rings. The number of hydrogen-bond acceptors (Lipinski definition) is 3. The second-order valence-corrected chi connectivity index (χ2v) is 4.39. The van der Waals surface area contributed by atoms with Gasteiger partial charge in [-0.25, -0.2) is 0 Å². The van der Waals surface area contributed by atoms with E-state index in [0.29, 0.717) is 11.7 Å². The van der Waals surface area contributed by atoms with Crippen molar-refractivity contribution in [2.24, 2.45) is 5.92 Å². The van der Waals surface area contributed by atoms with Crippen LogP contribution >= 0.6 is 0 Å². The molecule has 2 unspecified atom stereocenters. The number of carbonyl (C=O) groups excluding carboxylic acids is 1. The van der Waals surface area contributed by atoms with Gasteiger partial charge in [-0.05, 0) is 19.8 Å². The Morgan fingerprint density at radius 2 is 2.07 bits per heavy atom. The summed E-state index contributed by atoms with van der Waals surface area (Å²) in [5, 5.41) is 3.27. The van der Waals surface area contributed by atoms with Crippen LogP contribution in [0.2, 0.25) is 0 Å². The van der Waals surface area contributed by atoms with E-state index in [1.807, 2.05) is 6.92 Å². The molecule has 1 N–H and O–H groups in total. The Labute approximate surface area is 85.2 Å². The molecule has 1 heterocycles. The van der Waals surface area contributed by atoms with Crippen molar-refractivity contribution in [2.45, 2.75) is 44.8 Å². The summed E-state index contributed by atoms with van der Waals surface area (Å²) in [4.78, 5) is 12.1. The third kappa shape index (κ3) is 1.98.